The normalized spacial score (nSPS) is 15.1. The summed E-state index contributed by atoms with van der Waals surface area (Å²) in [4.78, 5) is 36.3. The van der Waals surface area contributed by atoms with E-state index >= 15 is 0 Å². The number of carbonyl (C=O) groups excluding carboxylic acids is 2. The molecule has 1 aromatic heterocycles. The average Bonchev–Trinajstić information content (AvgIpc) is 2.88. The third-order valence-corrected chi connectivity index (χ3v) is 6.44. The Morgan fingerprint density at radius 2 is 1.73 bits per heavy atom. The molecular formula is C27H30N4O2. The maximum absolute atomic E-state index is 13.4. The molecule has 33 heavy (non-hydrogen) atoms. The van der Waals surface area contributed by atoms with Gasteiger partial charge in [-0.1, -0.05) is 61.5 Å². The van der Waals surface area contributed by atoms with Gasteiger partial charge in [-0.2, -0.15) is 0 Å². The van der Waals surface area contributed by atoms with Crippen molar-refractivity contribution >= 4 is 11.8 Å². The fourth-order valence-corrected chi connectivity index (χ4v) is 4.56. The lowest BCUT2D eigenvalue weighted by Crippen LogP contribution is -2.51. The van der Waals surface area contributed by atoms with Gasteiger partial charge in [0.05, 0.1) is 11.6 Å². The Hall–Kier alpha value is -3.54. The molecule has 0 radical (unpaired) electrons. The first-order valence-corrected chi connectivity index (χ1v) is 11.6. The number of likely N-dealkylation sites (tertiary alicyclic amines) is 1. The molecule has 0 saturated carbocycles. The number of amides is 2. The molecular weight excluding hydrogens is 412 g/mol. The van der Waals surface area contributed by atoms with Crippen molar-refractivity contribution in [2.45, 2.75) is 32.6 Å². The lowest BCUT2D eigenvalue weighted by atomic mass is 9.72. The topological polar surface area (TPSA) is 75.2 Å². The maximum Gasteiger partial charge on any atom is 0.274 e. The summed E-state index contributed by atoms with van der Waals surface area (Å²) in [6, 6.07) is 18.6. The van der Waals surface area contributed by atoms with Gasteiger partial charge in [-0.15, -0.1) is 0 Å². The molecule has 1 aliphatic heterocycles. The Labute approximate surface area is 195 Å². The second-order valence-electron chi connectivity index (χ2n) is 8.62. The van der Waals surface area contributed by atoms with E-state index in [1.807, 2.05) is 30.3 Å². The number of piperidine rings is 1. The number of nitrogens with zero attached hydrogens (tertiary/aromatic N) is 3. The van der Waals surface area contributed by atoms with Crippen molar-refractivity contribution < 1.29 is 9.59 Å². The van der Waals surface area contributed by atoms with Gasteiger partial charge in [-0.3, -0.25) is 14.6 Å². The summed E-state index contributed by atoms with van der Waals surface area (Å²) in [5.41, 5.74) is 3.24. The fourth-order valence-electron chi connectivity index (χ4n) is 4.56. The van der Waals surface area contributed by atoms with Gasteiger partial charge in [0.25, 0.3) is 5.91 Å². The van der Waals surface area contributed by atoms with E-state index in [0.29, 0.717) is 44.6 Å². The number of aromatic nitrogens is 2. The summed E-state index contributed by atoms with van der Waals surface area (Å²) >= 11 is 0. The first-order valence-electron chi connectivity index (χ1n) is 11.6. The van der Waals surface area contributed by atoms with E-state index in [9.17, 15) is 9.59 Å². The lowest BCUT2D eigenvalue weighted by Gasteiger charge is -2.41. The first-order chi connectivity index (χ1) is 16.1. The molecule has 6 heteroatoms. The van der Waals surface area contributed by atoms with Crippen LogP contribution in [-0.4, -0.2) is 46.3 Å². The fraction of sp³-hybridized carbons (Fsp3) is 0.333. The SMILES string of the molecule is CCCNC(=O)C1(Cc2ccccc2-c2ccccc2)CCN(C(=O)c2cnccn2)CC1. The minimum absolute atomic E-state index is 0.0822. The zero-order valence-corrected chi connectivity index (χ0v) is 19.0. The molecule has 170 valence electrons. The molecule has 0 unspecified atom stereocenters. The Morgan fingerprint density at radius 3 is 2.42 bits per heavy atom. The van der Waals surface area contributed by atoms with E-state index in [1.54, 1.807) is 11.1 Å². The number of hydrogen-bond acceptors (Lipinski definition) is 4. The molecule has 1 aliphatic rings. The molecule has 0 bridgehead atoms. The van der Waals surface area contributed by atoms with Crippen molar-refractivity contribution in [3.8, 4) is 11.1 Å². The van der Waals surface area contributed by atoms with E-state index in [4.69, 9.17) is 0 Å². The minimum atomic E-state index is -0.556. The highest BCUT2D eigenvalue weighted by Gasteiger charge is 2.42. The quantitative estimate of drug-likeness (QED) is 0.597. The van der Waals surface area contributed by atoms with Crippen LogP contribution in [0, 0.1) is 5.41 Å². The molecule has 1 N–H and O–H groups in total. The van der Waals surface area contributed by atoms with E-state index in [2.05, 4.69) is 46.5 Å². The molecule has 3 aromatic rings. The monoisotopic (exact) mass is 442 g/mol. The molecule has 0 atom stereocenters. The summed E-state index contributed by atoms with van der Waals surface area (Å²) < 4.78 is 0. The lowest BCUT2D eigenvalue weighted by molar-refractivity contribution is -0.133. The Morgan fingerprint density at radius 1 is 1.00 bits per heavy atom. The van der Waals surface area contributed by atoms with E-state index in [0.717, 1.165) is 23.1 Å². The van der Waals surface area contributed by atoms with Crippen LogP contribution in [0.5, 0.6) is 0 Å². The van der Waals surface area contributed by atoms with Crippen LogP contribution in [0.4, 0.5) is 0 Å². The smallest absolute Gasteiger partial charge is 0.274 e. The van der Waals surface area contributed by atoms with Crippen LogP contribution in [-0.2, 0) is 11.2 Å². The van der Waals surface area contributed by atoms with Crippen LogP contribution < -0.4 is 5.32 Å². The third-order valence-electron chi connectivity index (χ3n) is 6.44. The van der Waals surface area contributed by atoms with Crippen molar-refractivity contribution in [3.05, 3.63) is 84.4 Å². The molecule has 2 aromatic carbocycles. The van der Waals surface area contributed by atoms with Crippen molar-refractivity contribution in [3.63, 3.8) is 0 Å². The highest BCUT2D eigenvalue weighted by molar-refractivity contribution is 5.92. The summed E-state index contributed by atoms with van der Waals surface area (Å²) in [7, 11) is 0. The second-order valence-corrected chi connectivity index (χ2v) is 8.62. The van der Waals surface area contributed by atoms with E-state index < -0.39 is 5.41 Å². The highest BCUT2D eigenvalue weighted by atomic mass is 16.2. The zero-order chi connectivity index (χ0) is 23.1. The van der Waals surface area contributed by atoms with Gasteiger partial charge < -0.3 is 10.2 Å². The molecule has 0 spiro atoms. The Bertz CT molecular complexity index is 1080. The number of nitrogens with one attached hydrogen (secondary N) is 1. The number of rotatable bonds is 7. The molecule has 1 fully saturated rings. The number of hydrogen-bond donors (Lipinski definition) is 1. The van der Waals surface area contributed by atoms with E-state index in [-0.39, 0.29) is 11.8 Å². The largest absolute Gasteiger partial charge is 0.356 e. The molecule has 1 saturated heterocycles. The van der Waals surface area contributed by atoms with Crippen LogP contribution in [0.2, 0.25) is 0 Å². The molecule has 2 heterocycles. The standard InChI is InChI=1S/C27H30N4O2/c1-2-14-30-26(33)27(12-17-31(18-13-27)25(32)24-20-28-15-16-29-24)19-22-10-6-7-11-23(22)21-8-4-3-5-9-21/h3-11,15-16,20H,2,12-14,17-19H2,1H3,(H,30,33). The molecule has 6 nitrogen and oxygen atoms in total. The maximum atomic E-state index is 13.4. The van der Waals surface area contributed by atoms with Crippen LogP contribution in [0.15, 0.2) is 73.2 Å². The van der Waals surface area contributed by atoms with Gasteiger partial charge in [0.2, 0.25) is 5.91 Å². The van der Waals surface area contributed by atoms with Crippen LogP contribution in [0.25, 0.3) is 11.1 Å². The summed E-state index contributed by atoms with van der Waals surface area (Å²) in [6.07, 6.45) is 7.32. The third kappa shape index (κ3) is 5.11. The molecule has 0 aliphatic carbocycles. The van der Waals surface area contributed by atoms with Gasteiger partial charge in [0.15, 0.2) is 0 Å². The van der Waals surface area contributed by atoms with E-state index in [1.165, 1.54) is 12.4 Å². The molecule has 4 rings (SSSR count). The average molecular weight is 443 g/mol. The first kappa shape index (κ1) is 22.6. The van der Waals surface area contributed by atoms with Crippen molar-refractivity contribution in [2.75, 3.05) is 19.6 Å². The summed E-state index contributed by atoms with van der Waals surface area (Å²) in [5.74, 6) is -0.0471. The van der Waals surface area contributed by atoms with Crippen LogP contribution in [0.1, 0.15) is 42.2 Å². The van der Waals surface area contributed by atoms with Crippen molar-refractivity contribution in [1.82, 2.24) is 20.2 Å². The Kier molecular flexibility index (Phi) is 7.13. The number of benzene rings is 2. The second kappa shape index (κ2) is 10.4. The molecule has 2 amide bonds. The number of carbonyl (C=O) groups is 2. The highest BCUT2D eigenvalue weighted by Crippen LogP contribution is 2.38. The predicted molar refractivity (Wildman–Crippen MR) is 128 cm³/mol. The van der Waals surface area contributed by atoms with Gasteiger partial charge in [-0.25, -0.2) is 4.98 Å². The summed E-state index contributed by atoms with van der Waals surface area (Å²) in [5, 5.41) is 3.13. The van der Waals surface area contributed by atoms with Crippen LogP contribution in [0.3, 0.4) is 0 Å². The summed E-state index contributed by atoms with van der Waals surface area (Å²) in [6.45, 7) is 3.74. The van der Waals surface area contributed by atoms with Crippen molar-refractivity contribution in [2.24, 2.45) is 5.41 Å². The van der Waals surface area contributed by atoms with Gasteiger partial charge in [-0.05, 0) is 42.4 Å². The minimum Gasteiger partial charge on any atom is -0.356 e. The Balaban J connectivity index is 1.59. The van der Waals surface area contributed by atoms with Crippen molar-refractivity contribution in [1.29, 1.82) is 0 Å². The zero-order valence-electron chi connectivity index (χ0n) is 19.0. The van der Waals surface area contributed by atoms with Gasteiger partial charge >= 0.3 is 0 Å². The van der Waals surface area contributed by atoms with Crippen LogP contribution >= 0.6 is 0 Å². The predicted octanol–water partition coefficient (Wildman–Crippen LogP) is 4.13. The van der Waals surface area contributed by atoms with Gasteiger partial charge in [0, 0.05) is 32.0 Å². The van der Waals surface area contributed by atoms with Gasteiger partial charge in [0.1, 0.15) is 5.69 Å².